The van der Waals surface area contributed by atoms with Gasteiger partial charge in [-0.3, -0.25) is 0 Å². The van der Waals surface area contributed by atoms with Gasteiger partial charge in [0.25, 0.3) is 0 Å². The predicted molar refractivity (Wildman–Crippen MR) is 118 cm³/mol. The Labute approximate surface area is 179 Å². The van der Waals surface area contributed by atoms with Gasteiger partial charge in [-0.2, -0.15) is 10.5 Å². The summed E-state index contributed by atoms with van der Waals surface area (Å²) >= 11 is 0. The average molecular weight is 406 g/mol. The molecule has 0 saturated heterocycles. The van der Waals surface area contributed by atoms with E-state index < -0.39 is 0 Å². The van der Waals surface area contributed by atoms with Crippen LogP contribution >= 0.6 is 0 Å². The molecule has 0 aliphatic carbocycles. The van der Waals surface area contributed by atoms with E-state index in [2.05, 4.69) is 22.1 Å². The molecule has 4 rings (SSSR count). The summed E-state index contributed by atoms with van der Waals surface area (Å²) in [5.74, 6) is 1.59. The maximum Gasteiger partial charge on any atom is 0.161 e. The highest BCUT2D eigenvalue weighted by molar-refractivity contribution is 5.90. The van der Waals surface area contributed by atoms with E-state index in [1.807, 2.05) is 48.5 Å². The van der Waals surface area contributed by atoms with Gasteiger partial charge in [0.1, 0.15) is 18.5 Å². The Balaban J connectivity index is 1.59. The number of methoxy groups -OCH3 is 1. The minimum atomic E-state index is 0.248. The van der Waals surface area contributed by atoms with Crippen molar-refractivity contribution >= 4 is 22.7 Å². The molecule has 1 aromatic heterocycles. The molecular formula is C25H18N4O2. The van der Waals surface area contributed by atoms with Crippen molar-refractivity contribution in [1.29, 1.82) is 10.5 Å². The van der Waals surface area contributed by atoms with Gasteiger partial charge in [-0.05, 0) is 42.0 Å². The summed E-state index contributed by atoms with van der Waals surface area (Å²) in [6.45, 7) is 0.248. The number of nitrogens with one attached hydrogen (secondary N) is 1. The Hall–Kier alpha value is -4.55. The number of para-hydroxylation sites is 2. The molecule has 0 radical (unpaired) electrons. The molecule has 0 fully saturated rings. The second-order valence-corrected chi connectivity index (χ2v) is 6.74. The molecule has 150 valence electrons. The average Bonchev–Trinajstić information content (AvgIpc) is 3.25. The third-order valence-corrected chi connectivity index (χ3v) is 4.78. The van der Waals surface area contributed by atoms with Gasteiger partial charge >= 0.3 is 0 Å². The van der Waals surface area contributed by atoms with Crippen LogP contribution in [-0.2, 0) is 6.61 Å². The van der Waals surface area contributed by atoms with E-state index in [1.54, 1.807) is 31.4 Å². The van der Waals surface area contributed by atoms with E-state index in [1.165, 1.54) is 0 Å². The maximum absolute atomic E-state index is 9.65. The molecule has 6 nitrogen and oxygen atoms in total. The van der Waals surface area contributed by atoms with Crippen LogP contribution in [-0.4, -0.2) is 17.1 Å². The molecule has 0 unspecified atom stereocenters. The van der Waals surface area contributed by atoms with E-state index in [0.717, 1.165) is 22.2 Å². The van der Waals surface area contributed by atoms with Crippen LogP contribution in [0.4, 0.5) is 0 Å². The fourth-order valence-electron chi connectivity index (χ4n) is 3.20. The Morgan fingerprint density at radius 3 is 2.61 bits per heavy atom. The van der Waals surface area contributed by atoms with Crippen LogP contribution in [0.1, 0.15) is 22.5 Å². The highest BCUT2D eigenvalue weighted by Crippen LogP contribution is 2.30. The lowest BCUT2D eigenvalue weighted by molar-refractivity contribution is 0.284. The zero-order valence-corrected chi connectivity index (χ0v) is 16.8. The molecule has 0 spiro atoms. The van der Waals surface area contributed by atoms with Gasteiger partial charge in [0.15, 0.2) is 11.5 Å². The van der Waals surface area contributed by atoms with Crippen molar-refractivity contribution in [2.24, 2.45) is 0 Å². The minimum Gasteiger partial charge on any atom is -0.493 e. The van der Waals surface area contributed by atoms with Crippen molar-refractivity contribution in [1.82, 2.24) is 9.97 Å². The molecule has 0 amide bonds. The number of benzene rings is 3. The Kier molecular flexibility index (Phi) is 5.64. The molecule has 4 aromatic rings. The van der Waals surface area contributed by atoms with Gasteiger partial charge in [-0.1, -0.05) is 36.4 Å². The normalized spacial score (nSPS) is 11.0. The van der Waals surface area contributed by atoms with Gasteiger partial charge in [0.05, 0.1) is 35.3 Å². The van der Waals surface area contributed by atoms with Crippen LogP contribution in [0.5, 0.6) is 11.5 Å². The fraction of sp³-hybridized carbons (Fsp3) is 0.0800. The number of hydrogen-bond donors (Lipinski definition) is 1. The Morgan fingerprint density at radius 1 is 1.03 bits per heavy atom. The van der Waals surface area contributed by atoms with E-state index in [0.29, 0.717) is 28.5 Å². The fourth-order valence-corrected chi connectivity index (χ4v) is 3.20. The van der Waals surface area contributed by atoms with Gasteiger partial charge in [0, 0.05) is 5.56 Å². The molecule has 1 heterocycles. The van der Waals surface area contributed by atoms with Gasteiger partial charge in [-0.25, -0.2) is 4.98 Å². The summed E-state index contributed by atoms with van der Waals surface area (Å²) in [6.07, 6.45) is 1.75. The van der Waals surface area contributed by atoms with Crippen molar-refractivity contribution in [2.45, 2.75) is 6.61 Å². The maximum atomic E-state index is 9.65. The first kappa shape index (κ1) is 19.8. The monoisotopic (exact) mass is 406 g/mol. The lowest BCUT2D eigenvalue weighted by Crippen LogP contribution is -2.00. The summed E-state index contributed by atoms with van der Waals surface area (Å²) in [5.41, 5.74) is 4.24. The van der Waals surface area contributed by atoms with Crippen LogP contribution in [0, 0.1) is 22.7 Å². The van der Waals surface area contributed by atoms with Crippen LogP contribution in [0.15, 0.2) is 66.7 Å². The summed E-state index contributed by atoms with van der Waals surface area (Å²) < 4.78 is 11.4. The molecule has 3 aromatic carbocycles. The summed E-state index contributed by atoms with van der Waals surface area (Å²) in [4.78, 5) is 7.66. The van der Waals surface area contributed by atoms with E-state index in [9.17, 15) is 10.5 Å². The molecule has 0 atom stereocenters. The van der Waals surface area contributed by atoms with Crippen molar-refractivity contribution in [3.63, 3.8) is 0 Å². The Morgan fingerprint density at radius 2 is 1.84 bits per heavy atom. The molecule has 0 saturated carbocycles. The number of imidazole rings is 1. The largest absolute Gasteiger partial charge is 0.493 e. The van der Waals surface area contributed by atoms with Crippen LogP contribution in [0.2, 0.25) is 0 Å². The van der Waals surface area contributed by atoms with Crippen LogP contribution < -0.4 is 9.47 Å². The number of H-pyrrole nitrogens is 1. The smallest absolute Gasteiger partial charge is 0.161 e. The molecule has 0 aliphatic heterocycles. The second kappa shape index (κ2) is 8.86. The van der Waals surface area contributed by atoms with Crippen molar-refractivity contribution in [2.75, 3.05) is 7.11 Å². The number of rotatable bonds is 6. The third-order valence-electron chi connectivity index (χ3n) is 4.78. The number of hydrogen-bond acceptors (Lipinski definition) is 5. The van der Waals surface area contributed by atoms with Crippen molar-refractivity contribution < 1.29 is 9.47 Å². The Bertz CT molecular complexity index is 1320. The number of nitrogens with zero attached hydrogens (tertiary/aromatic N) is 3. The van der Waals surface area contributed by atoms with E-state index in [-0.39, 0.29) is 6.61 Å². The highest BCUT2D eigenvalue weighted by atomic mass is 16.5. The number of fused-ring (bicyclic) bond motifs is 1. The van der Waals surface area contributed by atoms with Gasteiger partial charge in [0.2, 0.25) is 0 Å². The van der Waals surface area contributed by atoms with Crippen molar-refractivity contribution in [3.8, 4) is 23.6 Å². The van der Waals surface area contributed by atoms with Crippen LogP contribution in [0.25, 0.3) is 22.7 Å². The SMILES string of the molecule is COc1cc(/C=C(\C#N)c2nc3ccccc3[nH]2)ccc1OCc1ccccc1C#N. The topological polar surface area (TPSA) is 94.7 Å². The lowest BCUT2D eigenvalue weighted by atomic mass is 10.1. The molecule has 1 N–H and O–H groups in total. The van der Waals surface area contributed by atoms with Gasteiger partial charge in [-0.15, -0.1) is 0 Å². The standard InChI is InChI=1S/C25H18N4O2/c1-30-24-13-17(10-11-23(24)31-16-19-7-3-2-6-18(19)14-26)12-20(15-27)25-28-21-8-4-5-9-22(21)29-25/h2-13H,16H2,1H3,(H,28,29)/b20-12+. The molecule has 0 bridgehead atoms. The number of nitriles is 2. The summed E-state index contributed by atoms with van der Waals surface area (Å²) in [5, 5.41) is 18.9. The lowest BCUT2D eigenvalue weighted by Gasteiger charge is -2.12. The number of ether oxygens (including phenoxy) is 2. The summed E-state index contributed by atoms with van der Waals surface area (Å²) in [7, 11) is 1.56. The number of aromatic amines is 1. The predicted octanol–water partition coefficient (Wildman–Crippen LogP) is 5.09. The van der Waals surface area contributed by atoms with E-state index >= 15 is 0 Å². The molecule has 6 heteroatoms. The van der Waals surface area contributed by atoms with Crippen molar-refractivity contribution in [3.05, 3.63) is 89.2 Å². The molecular weight excluding hydrogens is 388 g/mol. The zero-order valence-electron chi connectivity index (χ0n) is 16.8. The third kappa shape index (κ3) is 4.24. The minimum absolute atomic E-state index is 0.248. The van der Waals surface area contributed by atoms with E-state index in [4.69, 9.17) is 9.47 Å². The first-order valence-corrected chi connectivity index (χ1v) is 9.57. The molecule has 0 aliphatic rings. The highest BCUT2D eigenvalue weighted by Gasteiger charge is 2.11. The van der Waals surface area contributed by atoms with Crippen LogP contribution in [0.3, 0.4) is 0 Å². The quantitative estimate of drug-likeness (QED) is 0.450. The number of allylic oxidation sites excluding steroid dienone is 1. The molecule has 31 heavy (non-hydrogen) atoms. The number of aromatic nitrogens is 2. The van der Waals surface area contributed by atoms with Gasteiger partial charge < -0.3 is 14.5 Å². The summed E-state index contributed by atoms with van der Waals surface area (Å²) in [6, 6.07) is 24.7. The first-order valence-electron chi connectivity index (χ1n) is 9.57. The zero-order chi connectivity index (χ0) is 21.6. The first-order chi connectivity index (χ1) is 15.2. The second-order valence-electron chi connectivity index (χ2n) is 6.74.